The highest BCUT2D eigenvalue weighted by Crippen LogP contribution is 2.25. The van der Waals surface area contributed by atoms with E-state index in [0.29, 0.717) is 31.1 Å². The number of fused-ring (bicyclic) bond motifs is 1. The summed E-state index contributed by atoms with van der Waals surface area (Å²) in [5, 5.41) is 8.13. The lowest BCUT2D eigenvalue weighted by atomic mass is 9.96. The molecule has 0 bridgehead atoms. The highest BCUT2D eigenvalue weighted by atomic mass is 16.2. The van der Waals surface area contributed by atoms with Crippen molar-refractivity contribution in [2.75, 3.05) is 13.1 Å². The molecule has 1 fully saturated rings. The van der Waals surface area contributed by atoms with Crippen LogP contribution in [0.3, 0.4) is 0 Å². The zero-order valence-electron chi connectivity index (χ0n) is 15.5. The third kappa shape index (κ3) is 3.47. The summed E-state index contributed by atoms with van der Waals surface area (Å²) in [5.41, 5.74) is 2.76. The summed E-state index contributed by atoms with van der Waals surface area (Å²) in [6.45, 7) is 5.50. The van der Waals surface area contributed by atoms with Crippen LogP contribution < -0.4 is 5.56 Å². The standard InChI is InChI=1S/C19H22N6O2/c1-12-3-5-14(6-4-12)11-25-18-16(22-23-25)19(27)21-17(20-18)15-7-9-24(10-8-15)13(2)26/h3-6,15H,7-11H2,1-2H3,(H,20,21,27). The monoisotopic (exact) mass is 366 g/mol. The number of hydrogen-bond acceptors (Lipinski definition) is 5. The van der Waals surface area contributed by atoms with Gasteiger partial charge in [0.15, 0.2) is 11.2 Å². The maximum Gasteiger partial charge on any atom is 0.281 e. The number of aromatic nitrogens is 5. The second kappa shape index (κ2) is 6.94. The molecule has 1 amide bonds. The van der Waals surface area contributed by atoms with Gasteiger partial charge in [-0.15, -0.1) is 5.10 Å². The number of piperidine rings is 1. The molecule has 0 saturated carbocycles. The van der Waals surface area contributed by atoms with Crippen molar-refractivity contribution in [1.29, 1.82) is 0 Å². The van der Waals surface area contributed by atoms with E-state index in [0.717, 1.165) is 18.4 Å². The van der Waals surface area contributed by atoms with Crippen LogP contribution in [0, 0.1) is 6.92 Å². The molecule has 27 heavy (non-hydrogen) atoms. The summed E-state index contributed by atoms with van der Waals surface area (Å²) in [4.78, 5) is 33.3. The summed E-state index contributed by atoms with van der Waals surface area (Å²) < 4.78 is 1.67. The Kier molecular flexibility index (Phi) is 4.47. The van der Waals surface area contributed by atoms with Crippen molar-refractivity contribution in [3.8, 4) is 0 Å². The minimum Gasteiger partial charge on any atom is -0.343 e. The fraction of sp³-hybridized carbons (Fsp3) is 0.421. The average Bonchev–Trinajstić information content (AvgIpc) is 3.07. The molecule has 1 aliphatic heterocycles. The van der Waals surface area contributed by atoms with Crippen LogP contribution in [0.25, 0.3) is 11.2 Å². The molecule has 1 aromatic carbocycles. The number of amides is 1. The van der Waals surface area contributed by atoms with E-state index in [1.165, 1.54) is 5.56 Å². The smallest absolute Gasteiger partial charge is 0.281 e. The van der Waals surface area contributed by atoms with E-state index in [2.05, 4.69) is 20.3 Å². The lowest BCUT2D eigenvalue weighted by Gasteiger charge is -2.30. The van der Waals surface area contributed by atoms with Gasteiger partial charge in [0.25, 0.3) is 5.56 Å². The first-order valence-electron chi connectivity index (χ1n) is 9.16. The number of rotatable bonds is 3. The molecule has 3 heterocycles. The summed E-state index contributed by atoms with van der Waals surface area (Å²) >= 11 is 0. The SMILES string of the molecule is CC(=O)N1CCC(c2nc3c(nnn3Cc3ccc(C)cc3)c(=O)[nH]2)CC1. The minimum atomic E-state index is -0.265. The van der Waals surface area contributed by atoms with Crippen molar-refractivity contribution in [1.82, 2.24) is 29.9 Å². The zero-order chi connectivity index (χ0) is 19.0. The molecule has 0 unspecified atom stereocenters. The fourth-order valence-corrected chi connectivity index (χ4v) is 3.52. The van der Waals surface area contributed by atoms with Gasteiger partial charge in [0.2, 0.25) is 5.91 Å². The molecule has 4 rings (SSSR count). The number of nitrogens with zero attached hydrogens (tertiary/aromatic N) is 5. The Morgan fingerprint density at radius 2 is 1.93 bits per heavy atom. The molecule has 3 aromatic rings. The normalized spacial score (nSPS) is 15.4. The number of likely N-dealkylation sites (tertiary alicyclic amines) is 1. The molecule has 140 valence electrons. The molecule has 1 N–H and O–H groups in total. The van der Waals surface area contributed by atoms with Gasteiger partial charge in [-0.25, -0.2) is 9.67 Å². The van der Waals surface area contributed by atoms with Crippen molar-refractivity contribution >= 4 is 17.1 Å². The van der Waals surface area contributed by atoms with Crippen LogP contribution in [0.5, 0.6) is 0 Å². The summed E-state index contributed by atoms with van der Waals surface area (Å²) in [6, 6.07) is 8.16. The van der Waals surface area contributed by atoms with Crippen molar-refractivity contribution in [2.45, 2.75) is 39.2 Å². The van der Waals surface area contributed by atoms with Crippen LogP contribution in [0.4, 0.5) is 0 Å². The predicted octanol–water partition coefficient (Wildman–Crippen LogP) is 1.60. The van der Waals surface area contributed by atoms with Crippen LogP contribution >= 0.6 is 0 Å². The maximum absolute atomic E-state index is 12.4. The van der Waals surface area contributed by atoms with Gasteiger partial charge in [0, 0.05) is 25.9 Å². The first kappa shape index (κ1) is 17.4. The Bertz CT molecular complexity index is 1030. The molecular formula is C19H22N6O2. The highest BCUT2D eigenvalue weighted by molar-refractivity contribution is 5.73. The molecular weight excluding hydrogens is 344 g/mol. The van der Waals surface area contributed by atoms with Gasteiger partial charge in [-0.3, -0.25) is 9.59 Å². The molecule has 2 aromatic heterocycles. The molecule has 0 spiro atoms. The van der Waals surface area contributed by atoms with E-state index >= 15 is 0 Å². The van der Waals surface area contributed by atoms with Gasteiger partial charge in [-0.1, -0.05) is 35.0 Å². The quantitative estimate of drug-likeness (QED) is 0.759. The Balaban J connectivity index is 1.63. The number of nitrogens with one attached hydrogen (secondary N) is 1. The molecule has 1 saturated heterocycles. The van der Waals surface area contributed by atoms with Crippen LogP contribution in [0.1, 0.15) is 42.6 Å². The average molecular weight is 366 g/mol. The molecule has 8 heteroatoms. The highest BCUT2D eigenvalue weighted by Gasteiger charge is 2.25. The predicted molar refractivity (Wildman–Crippen MR) is 100 cm³/mol. The van der Waals surface area contributed by atoms with Crippen molar-refractivity contribution < 1.29 is 4.79 Å². The minimum absolute atomic E-state index is 0.0886. The van der Waals surface area contributed by atoms with Crippen LogP contribution in [0.2, 0.25) is 0 Å². The summed E-state index contributed by atoms with van der Waals surface area (Å²) in [7, 11) is 0. The first-order valence-corrected chi connectivity index (χ1v) is 9.16. The first-order chi connectivity index (χ1) is 13.0. The topological polar surface area (TPSA) is 96.8 Å². The van der Waals surface area contributed by atoms with E-state index in [1.54, 1.807) is 11.6 Å². The van der Waals surface area contributed by atoms with Gasteiger partial charge < -0.3 is 9.88 Å². The lowest BCUT2D eigenvalue weighted by molar-refractivity contribution is -0.129. The molecule has 0 atom stereocenters. The van der Waals surface area contributed by atoms with E-state index in [-0.39, 0.29) is 22.9 Å². The second-order valence-corrected chi connectivity index (χ2v) is 7.14. The molecule has 1 aliphatic rings. The van der Waals surface area contributed by atoms with Crippen molar-refractivity contribution in [3.05, 3.63) is 51.6 Å². The number of H-pyrrole nitrogens is 1. The van der Waals surface area contributed by atoms with E-state index in [9.17, 15) is 9.59 Å². The molecule has 0 radical (unpaired) electrons. The number of aromatic amines is 1. The van der Waals surface area contributed by atoms with Gasteiger partial charge in [0.1, 0.15) is 5.82 Å². The van der Waals surface area contributed by atoms with E-state index < -0.39 is 0 Å². The third-order valence-corrected chi connectivity index (χ3v) is 5.17. The van der Waals surface area contributed by atoms with Crippen LogP contribution in [0.15, 0.2) is 29.1 Å². The summed E-state index contributed by atoms with van der Waals surface area (Å²) in [5.74, 6) is 0.870. The van der Waals surface area contributed by atoms with Crippen molar-refractivity contribution in [3.63, 3.8) is 0 Å². The van der Waals surface area contributed by atoms with Crippen molar-refractivity contribution in [2.24, 2.45) is 0 Å². The largest absolute Gasteiger partial charge is 0.343 e. The third-order valence-electron chi connectivity index (χ3n) is 5.17. The number of hydrogen-bond donors (Lipinski definition) is 1. The van der Waals surface area contributed by atoms with Gasteiger partial charge in [-0.05, 0) is 25.3 Å². The summed E-state index contributed by atoms with van der Waals surface area (Å²) in [6.07, 6.45) is 1.57. The molecule has 8 nitrogen and oxygen atoms in total. The van der Waals surface area contributed by atoms with E-state index in [4.69, 9.17) is 0 Å². The van der Waals surface area contributed by atoms with Gasteiger partial charge in [-0.2, -0.15) is 0 Å². The Hall–Kier alpha value is -3.03. The Morgan fingerprint density at radius 3 is 2.59 bits per heavy atom. The fourth-order valence-electron chi connectivity index (χ4n) is 3.52. The Labute approximate surface area is 156 Å². The van der Waals surface area contributed by atoms with Gasteiger partial charge >= 0.3 is 0 Å². The number of benzene rings is 1. The molecule has 0 aliphatic carbocycles. The van der Waals surface area contributed by atoms with Gasteiger partial charge in [0.05, 0.1) is 6.54 Å². The number of carbonyl (C=O) groups is 1. The number of aryl methyl sites for hydroxylation is 1. The van der Waals surface area contributed by atoms with E-state index in [1.807, 2.05) is 36.1 Å². The second-order valence-electron chi connectivity index (χ2n) is 7.14. The Morgan fingerprint density at radius 1 is 1.22 bits per heavy atom. The van der Waals surface area contributed by atoms with Crippen LogP contribution in [-0.4, -0.2) is 48.9 Å². The van der Waals surface area contributed by atoms with Crippen LogP contribution in [-0.2, 0) is 11.3 Å². The number of carbonyl (C=O) groups excluding carboxylic acids is 1. The maximum atomic E-state index is 12.4. The lowest BCUT2D eigenvalue weighted by Crippen LogP contribution is -2.37. The zero-order valence-corrected chi connectivity index (χ0v) is 15.5.